The van der Waals surface area contributed by atoms with Gasteiger partial charge >= 0.3 is 0 Å². The SMILES string of the molecule is CCN(C(=O)C1CC(C)N(C(=O)c2ccc(OC)cc2)c2ccccc21)c1ccc(Cl)c(Cl)c1. The van der Waals surface area contributed by atoms with Gasteiger partial charge in [-0.3, -0.25) is 9.59 Å². The molecule has 1 aliphatic rings. The van der Waals surface area contributed by atoms with Crippen LogP contribution in [0.2, 0.25) is 10.0 Å². The molecule has 5 nitrogen and oxygen atoms in total. The molecule has 0 N–H and O–H groups in total. The van der Waals surface area contributed by atoms with Crippen molar-refractivity contribution in [2.45, 2.75) is 32.2 Å². The molecule has 0 bridgehead atoms. The van der Waals surface area contributed by atoms with Gasteiger partial charge in [-0.05, 0) is 74.4 Å². The molecule has 4 rings (SSSR count). The number of hydrogen-bond donors (Lipinski definition) is 0. The number of carbonyl (C=O) groups is 2. The van der Waals surface area contributed by atoms with Crippen molar-refractivity contribution < 1.29 is 14.3 Å². The molecule has 1 aliphatic heterocycles. The zero-order valence-corrected chi connectivity index (χ0v) is 20.8. The van der Waals surface area contributed by atoms with Crippen molar-refractivity contribution in [1.82, 2.24) is 0 Å². The minimum absolute atomic E-state index is 0.0308. The van der Waals surface area contributed by atoms with Crippen LogP contribution in [0.1, 0.15) is 42.1 Å². The Hall–Kier alpha value is -3.02. The smallest absolute Gasteiger partial charge is 0.258 e. The fourth-order valence-electron chi connectivity index (χ4n) is 4.54. The summed E-state index contributed by atoms with van der Waals surface area (Å²) in [5, 5.41) is 0.845. The van der Waals surface area contributed by atoms with Crippen LogP contribution in [-0.2, 0) is 4.79 Å². The number of ether oxygens (including phenoxy) is 1. The van der Waals surface area contributed by atoms with Crippen molar-refractivity contribution in [2.75, 3.05) is 23.5 Å². The number of hydrogen-bond acceptors (Lipinski definition) is 3. The van der Waals surface area contributed by atoms with E-state index in [0.29, 0.717) is 40.0 Å². The molecule has 2 unspecified atom stereocenters. The van der Waals surface area contributed by atoms with Crippen LogP contribution in [0.5, 0.6) is 5.75 Å². The summed E-state index contributed by atoms with van der Waals surface area (Å²) < 4.78 is 5.21. The summed E-state index contributed by atoms with van der Waals surface area (Å²) in [5.74, 6) is 0.166. The van der Waals surface area contributed by atoms with Crippen molar-refractivity contribution in [3.05, 3.63) is 87.9 Å². The summed E-state index contributed by atoms with van der Waals surface area (Å²) in [7, 11) is 1.59. The molecule has 34 heavy (non-hydrogen) atoms. The number of para-hydroxylation sites is 1. The van der Waals surface area contributed by atoms with Crippen molar-refractivity contribution in [2.24, 2.45) is 0 Å². The molecule has 2 amide bonds. The van der Waals surface area contributed by atoms with Gasteiger partial charge < -0.3 is 14.5 Å². The number of amides is 2. The van der Waals surface area contributed by atoms with Crippen molar-refractivity contribution in [3.63, 3.8) is 0 Å². The number of anilines is 2. The minimum Gasteiger partial charge on any atom is -0.497 e. The highest BCUT2D eigenvalue weighted by Gasteiger charge is 2.38. The quantitative estimate of drug-likeness (QED) is 0.400. The van der Waals surface area contributed by atoms with Gasteiger partial charge in [0.25, 0.3) is 5.91 Å². The van der Waals surface area contributed by atoms with E-state index in [9.17, 15) is 9.59 Å². The summed E-state index contributed by atoms with van der Waals surface area (Å²) in [5.41, 5.74) is 2.86. The molecule has 3 aromatic carbocycles. The average Bonchev–Trinajstić information content (AvgIpc) is 2.85. The lowest BCUT2D eigenvalue weighted by Gasteiger charge is -2.40. The Kier molecular flexibility index (Phi) is 7.15. The third-order valence-electron chi connectivity index (χ3n) is 6.24. The number of fused-ring (bicyclic) bond motifs is 1. The highest BCUT2D eigenvalue weighted by molar-refractivity contribution is 6.42. The van der Waals surface area contributed by atoms with E-state index in [1.54, 1.807) is 59.4 Å². The lowest BCUT2D eigenvalue weighted by Crippen LogP contribution is -2.46. The molecule has 3 aromatic rings. The van der Waals surface area contributed by atoms with E-state index in [2.05, 4.69) is 0 Å². The van der Waals surface area contributed by atoms with Gasteiger partial charge in [-0.1, -0.05) is 41.4 Å². The maximum absolute atomic E-state index is 13.8. The van der Waals surface area contributed by atoms with Crippen LogP contribution in [0.25, 0.3) is 0 Å². The summed E-state index contributed by atoms with van der Waals surface area (Å²) in [4.78, 5) is 30.8. The third-order valence-corrected chi connectivity index (χ3v) is 6.98. The Balaban J connectivity index is 1.69. The van der Waals surface area contributed by atoms with Gasteiger partial charge in [0.1, 0.15) is 5.75 Å². The highest BCUT2D eigenvalue weighted by Crippen LogP contribution is 2.41. The van der Waals surface area contributed by atoms with Crippen LogP contribution >= 0.6 is 23.2 Å². The molecular weight excluding hydrogens is 471 g/mol. The van der Waals surface area contributed by atoms with Gasteiger partial charge in [0.05, 0.1) is 23.1 Å². The normalized spacial score (nSPS) is 17.1. The number of carbonyl (C=O) groups excluding carboxylic acids is 2. The molecule has 0 radical (unpaired) electrons. The van der Waals surface area contributed by atoms with Crippen LogP contribution in [0.15, 0.2) is 66.7 Å². The molecule has 1 heterocycles. The first-order chi connectivity index (χ1) is 16.3. The number of methoxy groups -OCH3 is 1. The van der Waals surface area contributed by atoms with E-state index in [1.165, 1.54) is 0 Å². The van der Waals surface area contributed by atoms with Crippen LogP contribution in [0.3, 0.4) is 0 Å². The Labute approximate surface area is 209 Å². The Morgan fingerprint density at radius 1 is 1.03 bits per heavy atom. The molecule has 0 spiro atoms. The fraction of sp³-hybridized carbons (Fsp3) is 0.259. The summed E-state index contributed by atoms with van der Waals surface area (Å²) >= 11 is 12.3. The second-order valence-electron chi connectivity index (χ2n) is 8.28. The Morgan fingerprint density at radius 3 is 2.38 bits per heavy atom. The van der Waals surface area contributed by atoms with Crippen LogP contribution in [0, 0.1) is 0 Å². The third kappa shape index (κ3) is 4.50. The predicted octanol–water partition coefficient (Wildman–Crippen LogP) is 6.58. The molecule has 7 heteroatoms. The fourth-order valence-corrected chi connectivity index (χ4v) is 4.83. The van der Waals surface area contributed by atoms with Crippen molar-refractivity contribution in [3.8, 4) is 5.75 Å². The molecule has 0 aromatic heterocycles. The van der Waals surface area contributed by atoms with Gasteiger partial charge in [-0.15, -0.1) is 0 Å². The molecular formula is C27H26Cl2N2O3. The van der Waals surface area contributed by atoms with Crippen molar-refractivity contribution >= 4 is 46.4 Å². The molecule has 0 fully saturated rings. The lowest BCUT2D eigenvalue weighted by atomic mass is 9.84. The monoisotopic (exact) mass is 496 g/mol. The number of likely N-dealkylation sites (N-methyl/N-ethyl adjacent to an activating group) is 1. The van der Waals surface area contributed by atoms with E-state index < -0.39 is 0 Å². The number of halogens is 2. The first-order valence-electron chi connectivity index (χ1n) is 11.2. The van der Waals surface area contributed by atoms with E-state index in [4.69, 9.17) is 27.9 Å². The van der Waals surface area contributed by atoms with Gasteiger partial charge in [0.15, 0.2) is 0 Å². The van der Waals surface area contributed by atoms with E-state index in [-0.39, 0.29) is 23.8 Å². The van der Waals surface area contributed by atoms with E-state index in [1.807, 2.05) is 38.1 Å². The van der Waals surface area contributed by atoms with Crippen LogP contribution in [0.4, 0.5) is 11.4 Å². The zero-order valence-electron chi connectivity index (χ0n) is 19.3. The molecule has 0 saturated heterocycles. The van der Waals surface area contributed by atoms with Crippen LogP contribution in [-0.4, -0.2) is 31.5 Å². The first kappa shape index (κ1) is 24.1. The predicted molar refractivity (Wildman–Crippen MR) is 138 cm³/mol. The Morgan fingerprint density at radius 2 is 1.74 bits per heavy atom. The van der Waals surface area contributed by atoms with E-state index >= 15 is 0 Å². The van der Waals surface area contributed by atoms with Gasteiger partial charge in [-0.2, -0.15) is 0 Å². The largest absolute Gasteiger partial charge is 0.497 e. The van der Waals surface area contributed by atoms with Gasteiger partial charge in [-0.25, -0.2) is 0 Å². The summed E-state index contributed by atoms with van der Waals surface area (Å²) in [6.45, 7) is 4.39. The van der Waals surface area contributed by atoms with Crippen molar-refractivity contribution in [1.29, 1.82) is 0 Å². The highest BCUT2D eigenvalue weighted by atomic mass is 35.5. The van der Waals surface area contributed by atoms with E-state index in [0.717, 1.165) is 11.3 Å². The van der Waals surface area contributed by atoms with Crippen LogP contribution < -0.4 is 14.5 Å². The topological polar surface area (TPSA) is 49.9 Å². The Bertz CT molecular complexity index is 1210. The number of benzene rings is 3. The van der Waals surface area contributed by atoms with Gasteiger partial charge in [0.2, 0.25) is 5.91 Å². The number of nitrogens with zero attached hydrogens (tertiary/aromatic N) is 2. The standard InChI is InChI=1S/C27H26Cl2N2O3/c1-4-30(19-11-14-23(28)24(29)16-19)27(33)22-15-17(2)31(25-8-6-5-7-21(22)25)26(32)18-9-12-20(34-3)13-10-18/h5-14,16-17,22H,4,15H2,1-3H3. The zero-order chi connectivity index (χ0) is 24.4. The summed E-state index contributed by atoms with van der Waals surface area (Å²) in [6, 6.07) is 19.7. The lowest BCUT2D eigenvalue weighted by molar-refractivity contribution is -0.120. The molecule has 0 saturated carbocycles. The summed E-state index contributed by atoms with van der Waals surface area (Å²) in [6.07, 6.45) is 0.509. The minimum atomic E-state index is -0.388. The second kappa shape index (κ2) is 10.1. The maximum Gasteiger partial charge on any atom is 0.258 e. The molecule has 0 aliphatic carbocycles. The second-order valence-corrected chi connectivity index (χ2v) is 9.10. The molecule has 2 atom stereocenters. The molecule has 176 valence electrons. The average molecular weight is 497 g/mol. The number of rotatable bonds is 5. The first-order valence-corrected chi connectivity index (χ1v) is 11.9. The van der Waals surface area contributed by atoms with Gasteiger partial charge in [0, 0.05) is 29.5 Å². The maximum atomic E-state index is 13.8.